The lowest BCUT2D eigenvalue weighted by molar-refractivity contribution is -0.125. The van der Waals surface area contributed by atoms with Gasteiger partial charge in [-0.05, 0) is 75.7 Å². The summed E-state index contributed by atoms with van der Waals surface area (Å²) in [5.41, 5.74) is 0.514. The van der Waals surface area contributed by atoms with E-state index >= 15 is 0 Å². The van der Waals surface area contributed by atoms with Crippen LogP contribution in [0.3, 0.4) is 0 Å². The Balaban J connectivity index is 1.72. The van der Waals surface area contributed by atoms with Gasteiger partial charge in [0.05, 0.1) is 30.5 Å². The van der Waals surface area contributed by atoms with Crippen molar-refractivity contribution >= 4 is 5.78 Å². The third kappa shape index (κ3) is 4.45. The molecule has 6 nitrogen and oxygen atoms in total. The van der Waals surface area contributed by atoms with Gasteiger partial charge in [0.1, 0.15) is 5.78 Å². The molecule has 9 atom stereocenters. The molecular weight excluding hydrogens is 432 g/mol. The van der Waals surface area contributed by atoms with E-state index < -0.39 is 17.8 Å². The molecule has 4 aliphatic rings. The quantitative estimate of drug-likeness (QED) is 0.340. The number of rotatable bonds is 6. The second-order valence-electron chi connectivity index (χ2n) is 12.1. The summed E-state index contributed by atoms with van der Waals surface area (Å²) in [6, 6.07) is 0. The molecule has 2 N–H and O–H groups in total. The minimum atomic E-state index is -1.18. The summed E-state index contributed by atoms with van der Waals surface area (Å²) in [6.07, 6.45) is 7.87. The first kappa shape index (κ1) is 26.0. The van der Waals surface area contributed by atoms with Crippen molar-refractivity contribution in [3.05, 3.63) is 23.3 Å². The Morgan fingerprint density at radius 1 is 1.29 bits per heavy atom. The van der Waals surface area contributed by atoms with Crippen LogP contribution in [0.5, 0.6) is 0 Å². The van der Waals surface area contributed by atoms with E-state index in [1.807, 2.05) is 6.08 Å². The number of hydrogen-bond acceptors (Lipinski definition) is 6. The van der Waals surface area contributed by atoms with E-state index in [9.17, 15) is 15.0 Å². The maximum Gasteiger partial charge on any atom is 0.177 e. The van der Waals surface area contributed by atoms with Gasteiger partial charge in [-0.15, -0.1) is 0 Å². The van der Waals surface area contributed by atoms with Crippen molar-refractivity contribution < 1.29 is 29.2 Å². The number of aliphatic hydroxyl groups is 2. The third-order valence-corrected chi connectivity index (χ3v) is 9.39. The minimum Gasteiger partial charge on any atom is -0.389 e. The maximum absolute atomic E-state index is 13.2. The zero-order valence-corrected chi connectivity index (χ0v) is 21.8. The molecule has 0 aromatic heterocycles. The zero-order valence-electron chi connectivity index (χ0n) is 21.8. The number of aliphatic hydroxyl groups excluding tert-OH is 1. The molecule has 0 radical (unpaired) electrons. The number of carbonyl (C=O) groups is 1. The topological polar surface area (TPSA) is 85.2 Å². The van der Waals surface area contributed by atoms with Crippen molar-refractivity contribution in [2.45, 2.75) is 96.7 Å². The lowest BCUT2D eigenvalue weighted by Crippen LogP contribution is -2.47. The average Bonchev–Trinajstić information content (AvgIpc) is 3.25. The Bertz CT molecular complexity index is 842. The van der Waals surface area contributed by atoms with Gasteiger partial charge < -0.3 is 24.4 Å². The Kier molecular flexibility index (Phi) is 7.22. The van der Waals surface area contributed by atoms with Gasteiger partial charge >= 0.3 is 0 Å². The number of carbonyl (C=O) groups excluding carboxylic acids is 1. The maximum atomic E-state index is 13.2. The number of allylic oxidation sites excluding steroid dienone is 2. The summed E-state index contributed by atoms with van der Waals surface area (Å²) in [6.45, 7) is 11.3. The van der Waals surface area contributed by atoms with Gasteiger partial charge in [-0.3, -0.25) is 4.79 Å². The van der Waals surface area contributed by atoms with Crippen molar-refractivity contribution in [3.8, 4) is 0 Å². The molecule has 192 valence electrons. The van der Waals surface area contributed by atoms with E-state index in [4.69, 9.17) is 14.2 Å². The molecule has 0 bridgehead atoms. The highest BCUT2D eigenvalue weighted by Gasteiger charge is 2.64. The molecule has 2 saturated carbocycles. The van der Waals surface area contributed by atoms with Crippen LogP contribution in [0, 0.1) is 29.1 Å². The molecule has 34 heavy (non-hydrogen) atoms. The van der Waals surface area contributed by atoms with Crippen LogP contribution >= 0.6 is 0 Å². The number of ketones is 1. The van der Waals surface area contributed by atoms with Gasteiger partial charge in [-0.1, -0.05) is 31.6 Å². The summed E-state index contributed by atoms with van der Waals surface area (Å²) in [5, 5.41) is 22.3. The van der Waals surface area contributed by atoms with Crippen molar-refractivity contribution in [2.24, 2.45) is 29.1 Å². The molecule has 1 unspecified atom stereocenters. The molecule has 1 aliphatic heterocycles. The summed E-state index contributed by atoms with van der Waals surface area (Å²) in [7, 11) is 1.59. The zero-order chi connectivity index (χ0) is 24.9. The fourth-order valence-corrected chi connectivity index (χ4v) is 7.76. The minimum absolute atomic E-state index is 0.000455. The van der Waals surface area contributed by atoms with Crippen molar-refractivity contribution in [1.82, 2.24) is 0 Å². The number of Topliss-reactive ketones (excluding diaryl/α,β-unsaturated/α-hetero) is 1. The van der Waals surface area contributed by atoms with Crippen LogP contribution < -0.4 is 0 Å². The summed E-state index contributed by atoms with van der Waals surface area (Å²) >= 11 is 0. The highest BCUT2D eigenvalue weighted by molar-refractivity contribution is 5.88. The third-order valence-electron chi connectivity index (χ3n) is 9.39. The van der Waals surface area contributed by atoms with Crippen molar-refractivity contribution in [1.29, 1.82) is 0 Å². The Labute approximate surface area is 204 Å². The molecule has 1 saturated heterocycles. The van der Waals surface area contributed by atoms with E-state index in [2.05, 4.69) is 33.8 Å². The van der Waals surface area contributed by atoms with Crippen LogP contribution in [0.1, 0.15) is 73.1 Å². The SMILES string of the molecule is COCCOC(O)/C1=C/C[C@@H]2[C@](C)(CC[C@@]23O[C@@H](C=C(C)C)C[C@@H]3C)C[C@H]2[C@@H]1C(=O)C[C@@]2(C)O. The van der Waals surface area contributed by atoms with Crippen molar-refractivity contribution in [2.75, 3.05) is 20.3 Å². The molecule has 0 aromatic rings. The van der Waals surface area contributed by atoms with Gasteiger partial charge in [0.25, 0.3) is 0 Å². The molecule has 1 heterocycles. The van der Waals surface area contributed by atoms with Crippen LogP contribution in [0.2, 0.25) is 0 Å². The smallest absolute Gasteiger partial charge is 0.177 e. The van der Waals surface area contributed by atoms with E-state index in [-0.39, 0.29) is 47.8 Å². The number of methoxy groups -OCH3 is 1. The molecule has 6 heteroatoms. The molecule has 3 aliphatic carbocycles. The monoisotopic (exact) mass is 476 g/mol. The highest BCUT2D eigenvalue weighted by Crippen LogP contribution is 2.64. The Morgan fingerprint density at radius 2 is 2.03 bits per heavy atom. The van der Waals surface area contributed by atoms with E-state index in [1.54, 1.807) is 14.0 Å². The van der Waals surface area contributed by atoms with Crippen LogP contribution in [-0.4, -0.2) is 59.9 Å². The van der Waals surface area contributed by atoms with Gasteiger partial charge in [0, 0.05) is 25.4 Å². The molecule has 0 aromatic carbocycles. The normalized spacial score (nSPS) is 46.4. The molecule has 1 spiro atoms. The number of ether oxygens (including phenoxy) is 3. The largest absolute Gasteiger partial charge is 0.389 e. The lowest BCUT2D eigenvalue weighted by Gasteiger charge is -2.46. The van der Waals surface area contributed by atoms with E-state index in [0.29, 0.717) is 18.1 Å². The van der Waals surface area contributed by atoms with Crippen molar-refractivity contribution in [3.63, 3.8) is 0 Å². The Hall–Kier alpha value is -1.05. The van der Waals surface area contributed by atoms with Gasteiger partial charge in [0.15, 0.2) is 6.29 Å². The average molecular weight is 477 g/mol. The molecular formula is C28H44O6. The van der Waals surface area contributed by atoms with Crippen LogP contribution in [0.15, 0.2) is 23.3 Å². The van der Waals surface area contributed by atoms with E-state index in [1.165, 1.54) is 5.57 Å². The summed E-state index contributed by atoms with van der Waals surface area (Å²) in [4.78, 5) is 13.2. The predicted octanol–water partition coefficient (Wildman–Crippen LogP) is 4.19. The van der Waals surface area contributed by atoms with E-state index in [0.717, 1.165) is 32.1 Å². The van der Waals surface area contributed by atoms with Gasteiger partial charge in [-0.25, -0.2) is 0 Å². The molecule has 3 fully saturated rings. The summed E-state index contributed by atoms with van der Waals surface area (Å²) < 4.78 is 17.6. The molecule has 0 amide bonds. The highest BCUT2D eigenvalue weighted by atomic mass is 16.6. The fourth-order valence-electron chi connectivity index (χ4n) is 7.76. The second-order valence-corrected chi connectivity index (χ2v) is 12.1. The second kappa shape index (κ2) is 9.44. The first-order chi connectivity index (χ1) is 15.9. The lowest BCUT2D eigenvalue weighted by atomic mass is 9.61. The predicted molar refractivity (Wildman–Crippen MR) is 130 cm³/mol. The Morgan fingerprint density at radius 3 is 2.71 bits per heavy atom. The fraction of sp³-hybridized carbons (Fsp3) is 0.821. The number of fused-ring (bicyclic) bond motifs is 3. The van der Waals surface area contributed by atoms with Gasteiger partial charge in [-0.2, -0.15) is 0 Å². The van der Waals surface area contributed by atoms with Crippen LogP contribution in [0.4, 0.5) is 0 Å². The first-order valence-electron chi connectivity index (χ1n) is 13.0. The first-order valence-corrected chi connectivity index (χ1v) is 13.0. The van der Waals surface area contributed by atoms with Crippen LogP contribution in [0.25, 0.3) is 0 Å². The van der Waals surface area contributed by atoms with Gasteiger partial charge in [0.2, 0.25) is 0 Å². The summed E-state index contributed by atoms with van der Waals surface area (Å²) in [5.74, 6) is -0.0957. The molecule has 4 rings (SSSR count). The standard InChI is InChI=1S/C28H44O6/c1-17(2)13-19-14-18(3)28(34-19)10-9-26(4)15-21-24(22(29)16-27(21,5)31)20(7-8-23(26)28)25(30)33-12-11-32-6/h7,13,18-19,21,23-25,30-31H,8-12,14-16H2,1-6H3/b20-7+/t18-,19-,21-,23+,24+,25?,26+,27+,28-/m0/s1. The number of hydrogen-bond donors (Lipinski definition) is 2. The van der Waals surface area contributed by atoms with Crippen LogP contribution in [-0.2, 0) is 19.0 Å².